The molecule has 1 saturated carbocycles. The third-order valence-corrected chi connectivity index (χ3v) is 8.52. The minimum absolute atomic E-state index is 0.0443. The van der Waals surface area contributed by atoms with Gasteiger partial charge >= 0.3 is 0 Å². The van der Waals surface area contributed by atoms with Gasteiger partial charge in [-0.25, -0.2) is 8.42 Å². The second kappa shape index (κ2) is 8.03. The van der Waals surface area contributed by atoms with Crippen LogP contribution in [0.1, 0.15) is 61.7 Å². The van der Waals surface area contributed by atoms with E-state index in [4.69, 9.17) is 4.74 Å². The summed E-state index contributed by atoms with van der Waals surface area (Å²) in [5.41, 5.74) is 0.449. The minimum atomic E-state index is -3.65. The first-order chi connectivity index (χ1) is 13.5. The lowest BCUT2D eigenvalue weighted by Gasteiger charge is -2.44. The molecule has 6 nitrogen and oxygen atoms in total. The highest BCUT2D eigenvalue weighted by atomic mass is 32.2. The fraction of sp³-hybridized carbons (Fsp3) is 0.667. The van der Waals surface area contributed by atoms with Crippen LogP contribution in [0.2, 0.25) is 0 Å². The highest BCUT2D eigenvalue weighted by Gasteiger charge is 2.37. The summed E-state index contributed by atoms with van der Waals surface area (Å²) in [7, 11) is -2.18. The Balaban J connectivity index is 1.65. The number of sulfonamides is 1. The van der Waals surface area contributed by atoms with E-state index in [9.17, 15) is 13.2 Å². The molecule has 0 unspecified atom stereocenters. The largest absolute Gasteiger partial charge is 0.495 e. The van der Waals surface area contributed by atoms with E-state index in [1.54, 1.807) is 12.1 Å². The monoisotopic (exact) mass is 406 g/mol. The summed E-state index contributed by atoms with van der Waals surface area (Å²) < 4.78 is 33.1. The fourth-order valence-electron chi connectivity index (χ4n) is 5.12. The van der Waals surface area contributed by atoms with Gasteiger partial charge in [0, 0.05) is 31.2 Å². The Kier molecular flexibility index (Phi) is 5.65. The highest BCUT2D eigenvalue weighted by molar-refractivity contribution is 7.89. The molecule has 3 fully saturated rings. The first kappa shape index (κ1) is 19.7. The number of hydrogen-bond donors (Lipinski definition) is 0. The summed E-state index contributed by atoms with van der Waals surface area (Å²) in [6.45, 7) is 1.82. The SMILES string of the molecule is COc1ccc(C(=O)N2CCC[C@H]3CCCC[C@H]32)cc1S(=O)(=O)N1CCCC1. The fourth-order valence-corrected chi connectivity index (χ4v) is 6.82. The van der Waals surface area contributed by atoms with Crippen LogP contribution in [0, 0.1) is 5.92 Å². The molecule has 1 aliphatic carbocycles. The van der Waals surface area contributed by atoms with Crippen LogP contribution in [-0.2, 0) is 10.0 Å². The van der Waals surface area contributed by atoms with Gasteiger partial charge in [0.2, 0.25) is 10.0 Å². The van der Waals surface area contributed by atoms with Crippen molar-refractivity contribution in [3.8, 4) is 5.75 Å². The molecule has 0 N–H and O–H groups in total. The van der Waals surface area contributed by atoms with E-state index in [1.807, 2.05) is 4.90 Å². The van der Waals surface area contributed by atoms with Crippen molar-refractivity contribution >= 4 is 15.9 Å². The average molecular weight is 407 g/mol. The zero-order valence-electron chi connectivity index (χ0n) is 16.6. The molecule has 2 aliphatic heterocycles. The van der Waals surface area contributed by atoms with Gasteiger partial charge in [0.25, 0.3) is 5.91 Å². The summed E-state index contributed by atoms with van der Waals surface area (Å²) in [4.78, 5) is 15.4. The zero-order valence-corrected chi connectivity index (χ0v) is 17.4. The normalized spacial score (nSPS) is 26.1. The molecular formula is C21H30N2O4S. The van der Waals surface area contributed by atoms with Crippen LogP contribution in [0.15, 0.2) is 23.1 Å². The number of hydrogen-bond acceptors (Lipinski definition) is 4. The van der Waals surface area contributed by atoms with Gasteiger partial charge in [-0.2, -0.15) is 4.31 Å². The molecule has 154 valence electrons. The number of nitrogens with zero attached hydrogens (tertiary/aromatic N) is 2. The van der Waals surface area contributed by atoms with Crippen molar-refractivity contribution < 1.29 is 17.9 Å². The van der Waals surface area contributed by atoms with E-state index in [-0.39, 0.29) is 10.8 Å². The van der Waals surface area contributed by atoms with Crippen LogP contribution in [0.25, 0.3) is 0 Å². The summed E-state index contributed by atoms with van der Waals surface area (Å²) >= 11 is 0. The molecule has 7 heteroatoms. The van der Waals surface area contributed by atoms with Gasteiger partial charge in [0.1, 0.15) is 10.6 Å². The number of rotatable bonds is 4. The molecule has 1 aromatic carbocycles. The second-order valence-electron chi connectivity index (χ2n) is 8.23. The second-order valence-corrected chi connectivity index (χ2v) is 10.1. The van der Waals surface area contributed by atoms with Crippen LogP contribution in [0.4, 0.5) is 0 Å². The Morgan fingerprint density at radius 3 is 2.46 bits per heavy atom. The van der Waals surface area contributed by atoms with Crippen molar-refractivity contribution in [1.82, 2.24) is 9.21 Å². The molecule has 0 aromatic heterocycles. The molecule has 4 rings (SSSR count). The molecule has 28 heavy (non-hydrogen) atoms. The quantitative estimate of drug-likeness (QED) is 0.770. The minimum Gasteiger partial charge on any atom is -0.495 e. The zero-order chi connectivity index (χ0) is 19.7. The number of ether oxygens (including phenoxy) is 1. The lowest BCUT2D eigenvalue weighted by atomic mass is 9.78. The maximum absolute atomic E-state index is 13.3. The van der Waals surface area contributed by atoms with Gasteiger partial charge in [0.05, 0.1) is 7.11 Å². The van der Waals surface area contributed by atoms with Crippen molar-refractivity contribution in [2.75, 3.05) is 26.7 Å². The molecule has 2 saturated heterocycles. The molecule has 3 aliphatic rings. The number of carbonyl (C=O) groups excluding carboxylic acids is 1. The number of piperidine rings is 1. The molecular weight excluding hydrogens is 376 g/mol. The van der Waals surface area contributed by atoms with E-state index < -0.39 is 10.0 Å². The third kappa shape index (κ3) is 3.54. The number of carbonyl (C=O) groups is 1. The van der Waals surface area contributed by atoms with Crippen LogP contribution in [-0.4, -0.2) is 56.3 Å². The van der Waals surface area contributed by atoms with E-state index in [0.717, 1.165) is 32.2 Å². The number of amides is 1. The Bertz CT molecular complexity index is 831. The predicted octanol–water partition coefficient (Wildman–Crippen LogP) is 3.27. The number of likely N-dealkylation sites (tertiary alicyclic amines) is 1. The number of methoxy groups -OCH3 is 1. The molecule has 0 spiro atoms. The van der Waals surface area contributed by atoms with E-state index in [2.05, 4.69) is 0 Å². The summed E-state index contributed by atoms with van der Waals surface area (Å²) in [5, 5.41) is 0. The summed E-state index contributed by atoms with van der Waals surface area (Å²) in [6, 6.07) is 5.16. The van der Waals surface area contributed by atoms with Crippen LogP contribution in [0.5, 0.6) is 5.75 Å². The molecule has 2 heterocycles. The predicted molar refractivity (Wildman–Crippen MR) is 107 cm³/mol. The van der Waals surface area contributed by atoms with E-state index in [0.29, 0.717) is 36.4 Å². The average Bonchev–Trinajstić information content (AvgIpc) is 3.28. The Labute approximate surface area is 167 Å². The molecule has 2 atom stereocenters. The van der Waals surface area contributed by atoms with Gasteiger partial charge in [-0.1, -0.05) is 12.8 Å². The third-order valence-electron chi connectivity index (χ3n) is 6.60. The first-order valence-electron chi connectivity index (χ1n) is 10.5. The molecule has 0 radical (unpaired) electrons. The van der Waals surface area contributed by atoms with Crippen molar-refractivity contribution in [3.05, 3.63) is 23.8 Å². The van der Waals surface area contributed by atoms with Crippen molar-refractivity contribution in [1.29, 1.82) is 0 Å². The Hall–Kier alpha value is -1.60. The molecule has 1 amide bonds. The van der Waals surface area contributed by atoms with Crippen LogP contribution < -0.4 is 4.74 Å². The lowest BCUT2D eigenvalue weighted by molar-refractivity contribution is 0.0390. The van der Waals surface area contributed by atoms with Crippen molar-refractivity contribution in [2.45, 2.75) is 62.3 Å². The van der Waals surface area contributed by atoms with Crippen molar-refractivity contribution in [3.63, 3.8) is 0 Å². The van der Waals surface area contributed by atoms with Crippen LogP contribution >= 0.6 is 0 Å². The summed E-state index contributed by atoms with van der Waals surface area (Å²) in [5.74, 6) is 0.854. The van der Waals surface area contributed by atoms with E-state index >= 15 is 0 Å². The molecule has 1 aromatic rings. The van der Waals surface area contributed by atoms with Crippen molar-refractivity contribution in [2.24, 2.45) is 5.92 Å². The standard InChI is InChI=1S/C21H30N2O4S/c1-27-19-11-10-17(15-20(19)28(25,26)22-12-4-5-13-22)21(24)23-14-6-8-16-7-2-3-9-18(16)23/h10-11,15-16,18H,2-9,12-14H2,1H3/t16-,18-/m1/s1. The molecule has 0 bridgehead atoms. The maximum Gasteiger partial charge on any atom is 0.254 e. The topological polar surface area (TPSA) is 66.9 Å². The number of benzene rings is 1. The smallest absolute Gasteiger partial charge is 0.254 e. The first-order valence-corrected chi connectivity index (χ1v) is 12.0. The van der Waals surface area contributed by atoms with Gasteiger partial charge in [-0.3, -0.25) is 4.79 Å². The highest BCUT2D eigenvalue weighted by Crippen LogP contribution is 2.37. The maximum atomic E-state index is 13.3. The van der Waals surface area contributed by atoms with Crippen LogP contribution in [0.3, 0.4) is 0 Å². The van der Waals surface area contributed by atoms with Gasteiger partial charge in [0.15, 0.2) is 0 Å². The summed E-state index contributed by atoms with van der Waals surface area (Å²) in [6.07, 6.45) is 8.66. The lowest BCUT2D eigenvalue weighted by Crippen LogP contribution is -2.49. The Morgan fingerprint density at radius 1 is 1.00 bits per heavy atom. The van der Waals surface area contributed by atoms with Gasteiger partial charge < -0.3 is 9.64 Å². The van der Waals surface area contributed by atoms with Gasteiger partial charge in [-0.15, -0.1) is 0 Å². The number of fused-ring (bicyclic) bond motifs is 1. The van der Waals surface area contributed by atoms with E-state index in [1.165, 1.54) is 43.2 Å². The Morgan fingerprint density at radius 2 is 1.71 bits per heavy atom. The van der Waals surface area contributed by atoms with Gasteiger partial charge in [-0.05, 0) is 62.6 Å².